The minimum atomic E-state index is 0.898. The van der Waals surface area contributed by atoms with Gasteiger partial charge >= 0.3 is 0 Å². The third-order valence-electron chi connectivity index (χ3n) is 6.60. The van der Waals surface area contributed by atoms with Crippen molar-refractivity contribution in [3.8, 4) is 22.3 Å². The molecule has 0 unspecified atom stereocenters. The number of rotatable bonds is 10. The van der Waals surface area contributed by atoms with E-state index in [-0.39, 0.29) is 0 Å². The molecular formula is C32H34N4. The lowest BCUT2D eigenvalue weighted by atomic mass is 9.96. The third-order valence-corrected chi connectivity index (χ3v) is 6.60. The van der Waals surface area contributed by atoms with Gasteiger partial charge in [0.1, 0.15) is 11.6 Å². The van der Waals surface area contributed by atoms with Crippen molar-refractivity contribution in [1.29, 1.82) is 0 Å². The Morgan fingerprint density at radius 2 is 0.972 bits per heavy atom. The number of unbranched alkanes of at least 4 members (excludes halogenated alkanes) is 2. The maximum Gasteiger partial charge on any atom is 0.127 e. The molecule has 0 saturated heterocycles. The van der Waals surface area contributed by atoms with Crippen LogP contribution >= 0.6 is 0 Å². The molecule has 0 atom stereocenters. The van der Waals surface area contributed by atoms with Crippen molar-refractivity contribution in [2.45, 2.75) is 39.5 Å². The van der Waals surface area contributed by atoms with E-state index in [2.05, 4.69) is 109 Å². The number of nitrogens with one attached hydrogen (secondary N) is 2. The molecule has 5 aromatic rings. The molecule has 182 valence electrons. The predicted molar refractivity (Wildman–Crippen MR) is 155 cm³/mol. The van der Waals surface area contributed by atoms with Crippen molar-refractivity contribution in [3.05, 3.63) is 84.9 Å². The van der Waals surface area contributed by atoms with Crippen molar-refractivity contribution in [3.63, 3.8) is 0 Å². The van der Waals surface area contributed by atoms with Gasteiger partial charge in [-0.2, -0.15) is 0 Å². The van der Waals surface area contributed by atoms with Crippen LogP contribution in [0.25, 0.3) is 44.1 Å². The second kappa shape index (κ2) is 11.2. The van der Waals surface area contributed by atoms with Gasteiger partial charge in [0.05, 0.1) is 11.0 Å². The van der Waals surface area contributed by atoms with Crippen LogP contribution in [-0.4, -0.2) is 23.1 Å². The summed E-state index contributed by atoms with van der Waals surface area (Å²) in [5.74, 6) is 1.80. The van der Waals surface area contributed by atoms with Gasteiger partial charge in [0.15, 0.2) is 0 Å². The minimum absolute atomic E-state index is 0.898. The maximum absolute atomic E-state index is 5.13. The molecule has 0 aliphatic carbocycles. The summed E-state index contributed by atoms with van der Waals surface area (Å²) in [6.07, 6.45) is 4.50. The largest absolute Gasteiger partial charge is 0.370 e. The summed E-state index contributed by atoms with van der Waals surface area (Å²) in [5.41, 5.74) is 6.59. The number of pyridine rings is 2. The highest BCUT2D eigenvalue weighted by molar-refractivity contribution is 6.13. The van der Waals surface area contributed by atoms with Crippen LogP contribution in [0, 0.1) is 0 Å². The number of nitrogens with zero attached hydrogens (tertiary/aromatic N) is 2. The average Bonchev–Trinajstić information content (AvgIpc) is 2.93. The molecule has 0 aliphatic heterocycles. The zero-order chi connectivity index (χ0) is 24.7. The van der Waals surface area contributed by atoms with E-state index < -0.39 is 0 Å². The van der Waals surface area contributed by atoms with Crippen LogP contribution < -0.4 is 10.6 Å². The Balaban J connectivity index is 1.77. The van der Waals surface area contributed by atoms with Crippen LogP contribution in [0.15, 0.2) is 84.9 Å². The van der Waals surface area contributed by atoms with Gasteiger partial charge in [0.25, 0.3) is 0 Å². The highest BCUT2D eigenvalue weighted by Gasteiger charge is 2.15. The Morgan fingerprint density at radius 1 is 0.556 bits per heavy atom. The summed E-state index contributed by atoms with van der Waals surface area (Å²) in [6, 6.07) is 29.9. The summed E-state index contributed by atoms with van der Waals surface area (Å²) >= 11 is 0. The minimum Gasteiger partial charge on any atom is -0.370 e. The molecule has 2 heterocycles. The van der Waals surface area contributed by atoms with E-state index in [1.165, 1.54) is 22.3 Å². The molecule has 2 N–H and O–H groups in total. The Morgan fingerprint density at radius 3 is 1.36 bits per heavy atom. The normalized spacial score (nSPS) is 11.2. The first kappa shape index (κ1) is 23.8. The highest BCUT2D eigenvalue weighted by atomic mass is 15.0. The van der Waals surface area contributed by atoms with Crippen LogP contribution in [-0.2, 0) is 0 Å². The van der Waals surface area contributed by atoms with E-state index >= 15 is 0 Å². The average molecular weight is 475 g/mol. The smallest absolute Gasteiger partial charge is 0.127 e. The monoisotopic (exact) mass is 474 g/mol. The second-order valence-electron chi connectivity index (χ2n) is 9.26. The van der Waals surface area contributed by atoms with Gasteiger partial charge in [-0.1, -0.05) is 99.5 Å². The summed E-state index contributed by atoms with van der Waals surface area (Å²) in [5, 5.41) is 9.36. The number of anilines is 2. The first-order valence-corrected chi connectivity index (χ1v) is 13.2. The maximum atomic E-state index is 5.13. The lowest BCUT2D eigenvalue weighted by Gasteiger charge is -2.16. The molecule has 36 heavy (non-hydrogen) atoms. The van der Waals surface area contributed by atoms with Crippen LogP contribution in [0.1, 0.15) is 39.5 Å². The number of aromatic nitrogens is 2. The zero-order valence-corrected chi connectivity index (χ0v) is 21.2. The molecule has 0 bridgehead atoms. The standard InChI is InChI=1S/C32H34N4/c1-3-5-19-33-29-21-27(23-13-9-7-10-14-23)25-17-18-26-28(24-15-11-8-12-16-24)22-30(34-20-6-4-2)36-32(26)31(25)35-29/h7-18,21-22H,3-6,19-20H2,1-2H3,(H,33,35)(H,34,36). The molecular weight excluding hydrogens is 440 g/mol. The number of fused-ring (bicyclic) bond motifs is 3. The summed E-state index contributed by atoms with van der Waals surface area (Å²) < 4.78 is 0. The highest BCUT2D eigenvalue weighted by Crippen LogP contribution is 2.37. The van der Waals surface area contributed by atoms with Gasteiger partial charge in [0, 0.05) is 23.9 Å². The molecule has 4 heteroatoms. The second-order valence-corrected chi connectivity index (χ2v) is 9.26. The molecule has 0 amide bonds. The Bertz CT molecular complexity index is 1330. The summed E-state index contributed by atoms with van der Waals surface area (Å²) in [7, 11) is 0. The molecule has 0 saturated carbocycles. The van der Waals surface area contributed by atoms with Gasteiger partial charge < -0.3 is 10.6 Å². The lowest BCUT2D eigenvalue weighted by Crippen LogP contribution is -2.05. The summed E-state index contributed by atoms with van der Waals surface area (Å²) in [4.78, 5) is 10.3. The molecule has 4 nitrogen and oxygen atoms in total. The molecule has 0 spiro atoms. The Kier molecular flexibility index (Phi) is 7.41. The van der Waals surface area contributed by atoms with Crippen LogP contribution in [0.3, 0.4) is 0 Å². The molecule has 5 rings (SSSR count). The van der Waals surface area contributed by atoms with E-state index in [0.29, 0.717) is 0 Å². The van der Waals surface area contributed by atoms with E-state index in [1.54, 1.807) is 0 Å². The number of hydrogen-bond acceptors (Lipinski definition) is 4. The topological polar surface area (TPSA) is 49.8 Å². The van der Waals surface area contributed by atoms with E-state index in [9.17, 15) is 0 Å². The molecule has 0 aliphatic rings. The number of benzene rings is 3. The first-order valence-electron chi connectivity index (χ1n) is 13.2. The fourth-order valence-electron chi connectivity index (χ4n) is 4.66. The van der Waals surface area contributed by atoms with Crippen molar-refractivity contribution >= 4 is 33.4 Å². The zero-order valence-electron chi connectivity index (χ0n) is 21.2. The third kappa shape index (κ3) is 5.03. The van der Waals surface area contributed by atoms with Gasteiger partial charge in [0.2, 0.25) is 0 Å². The van der Waals surface area contributed by atoms with Crippen LogP contribution in [0.4, 0.5) is 11.6 Å². The molecule has 0 fully saturated rings. The van der Waals surface area contributed by atoms with E-state index in [0.717, 1.165) is 72.2 Å². The van der Waals surface area contributed by atoms with Crippen molar-refractivity contribution in [2.24, 2.45) is 0 Å². The Hall–Kier alpha value is -3.92. The van der Waals surface area contributed by atoms with Gasteiger partial charge in [-0.3, -0.25) is 0 Å². The first-order chi connectivity index (χ1) is 17.8. The Labute approximate surface area is 213 Å². The van der Waals surface area contributed by atoms with Crippen LogP contribution in [0.5, 0.6) is 0 Å². The predicted octanol–water partition coefficient (Wildman–Crippen LogP) is 8.54. The summed E-state index contributed by atoms with van der Waals surface area (Å²) in [6.45, 7) is 6.22. The van der Waals surface area contributed by atoms with Crippen molar-refractivity contribution in [1.82, 2.24) is 9.97 Å². The quantitative estimate of drug-likeness (QED) is 0.157. The van der Waals surface area contributed by atoms with Crippen LogP contribution in [0.2, 0.25) is 0 Å². The van der Waals surface area contributed by atoms with Gasteiger partial charge in [-0.05, 0) is 47.2 Å². The fourth-order valence-corrected chi connectivity index (χ4v) is 4.66. The molecule has 2 aromatic heterocycles. The molecule has 3 aromatic carbocycles. The number of hydrogen-bond donors (Lipinski definition) is 2. The SMILES string of the molecule is CCCCNc1cc(-c2ccccc2)c2ccc3c(-c4ccccc4)cc(NCCCC)nc3c2n1. The molecule has 0 radical (unpaired) electrons. The fraction of sp³-hybridized carbons (Fsp3) is 0.250. The van der Waals surface area contributed by atoms with Crippen molar-refractivity contribution < 1.29 is 0 Å². The van der Waals surface area contributed by atoms with Crippen molar-refractivity contribution in [2.75, 3.05) is 23.7 Å². The van der Waals surface area contributed by atoms with E-state index in [1.807, 2.05) is 0 Å². The van der Waals surface area contributed by atoms with Gasteiger partial charge in [-0.25, -0.2) is 9.97 Å². The van der Waals surface area contributed by atoms with Gasteiger partial charge in [-0.15, -0.1) is 0 Å². The lowest BCUT2D eigenvalue weighted by molar-refractivity contribution is 0.831. The van der Waals surface area contributed by atoms with E-state index in [4.69, 9.17) is 9.97 Å².